The summed E-state index contributed by atoms with van der Waals surface area (Å²) in [7, 11) is 3.67. The Bertz CT molecular complexity index is 788. The molecule has 3 rings (SSSR count). The summed E-state index contributed by atoms with van der Waals surface area (Å²) in [5.74, 6) is 0.00286. The third-order valence-electron chi connectivity index (χ3n) is 5.88. The Labute approximate surface area is 174 Å². The molecule has 6 heteroatoms. The topological polar surface area (TPSA) is 59.0 Å². The van der Waals surface area contributed by atoms with Crippen molar-refractivity contribution in [2.75, 3.05) is 13.6 Å². The molecule has 0 aliphatic heterocycles. The van der Waals surface area contributed by atoms with Crippen molar-refractivity contribution in [1.82, 2.24) is 20.4 Å². The number of benzene rings is 1. The van der Waals surface area contributed by atoms with E-state index in [4.69, 9.17) is 0 Å². The fraction of sp³-hybridized carbons (Fsp3) is 0.545. The molecule has 2 aromatic rings. The highest BCUT2D eigenvalue weighted by Crippen LogP contribution is 2.43. The summed E-state index contributed by atoms with van der Waals surface area (Å²) in [6, 6.07) is 8.61. The number of halogens is 1. The minimum atomic E-state index is -0.376. The molecule has 1 aromatic heterocycles. The van der Waals surface area contributed by atoms with Gasteiger partial charge in [0.2, 0.25) is 5.91 Å². The standard InChI is InChI=1S/C22H32N4O.ClH/c1-21(2,3)17-7-9-18(10-8-17)22(11-6-12-22)15-24-20(27)19(23-4)16-13-25-26(5)14-16;/h7-10,13-14,19,23H,6,11-12,15H2,1-5H3,(H,24,27);1H. The van der Waals surface area contributed by atoms with Crippen LogP contribution in [0.25, 0.3) is 0 Å². The van der Waals surface area contributed by atoms with E-state index in [2.05, 4.69) is 60.8 Å². The predicted molar refractivity (Wildman–Crippen MR) is 116 cm³/mol. The number of carbonyl (C=O) groups excluding carboxylic acids is 1. The second-order valence-corrected chi connectivity index (χ2v) is 8.85. The lowest BCUT2D eigenvalue weighted by atomic mass is 9.64. The zero-order valence-electron chi connectivity index (χ0n) is 17.6. The normalized spacial score (nSPS) is 16.6. The van der Waals surface area contributed by atoms with E-state index < -0.39 is 0 Å². The van der Waals surface area contributed by atoms with Crippen LogP contribution >= 0.6 is 12.4 Å². The van der Waals surface area contributed by atoms with E-state index in [1.165, 1.54) is 17.5 Å². The van der Waals surface area contributed by atoms with Crippen LogP contribution in [0.2, 0.25) is 0 Å². The van der Waals surface area contributed by atoms with Gasteiger partial charge in [0.05, 0.1) is 6.20 Å². The number of carbonyl (C=O) groups is 1. The molecule has 0 radical (unpaired) electrons. The highest BCUT2D eigenvalue weighted by atomic mass is 35.5. The van der Waals surface area contributed by atoms with Crippen LogP contribution in [0.1, 0.15) is 62.8 Å². The van der Waals surface area contributed by atoms with Gasteiger partial charge in [0.15, 0.2) is 0 Å². The van der Waals surface area contributed by atoms with Crippen molar-refractivity contribution in [3.63, 3.8) is 0 Å². The molecule has 1 aliphatic carbocycles. The molecule has 1 aromatic carbocycles. The Morgan fingerprint density at radius 3 is 2.32 bits per heavy atom. The van der Waals surface area contributed by atoms with Crippen LogP contribution in [0.5, 0.6) is 0 Å². The van der Waals surface area contributed by atoms with Gasteiger partial charge < -0.3 is 10.6 Å². The van der Waals surface area contributed by atoms with Gasteiger partial charge in [-0.05, 0) is 36.4 Å². The van der Waals surface area contributed by atoms with Crippen molar-refractivity contribution >= 4 is 18.3 Å². The number of likely N-dealkylation sites (N-methyl/N-ethyl adjacent to an activating group) is 1. The summed E-state index contributed by atoms with van der Waals surface area (Å²) < 4.78 is 1.72. The van der Waals surface area contributed by atoms with E-state index >= 15 is 0 Å². The molecule has 1 amide bonds. The lowest BCUT2D eigenvalue weighted by Gasteiger charge is -2.43. The minimum absolute atomic E-state index is 0. The smallest absolute Gasteiger partial charge is 0.241 e. The molecular weight excluding hydrogens is 372 g/mol. The first-order valence-electron chi connectivity index (χ1n) is 9.80. The maximum absolute atomic E-state index is 12.8. The van der Waals surface area contributed by atoms with Gasteiger partial charge in [-0.2, -0.15) is 5.10 Å². The van der Waals surface area contributed by atoms with Gasteiger partial charge in [-0.25, -0.2) is 0 Å². The Hall–Kier alpha value is -1.85. The third-order valence-corrected chi connectivity index (χ3v) is 5.88. The van der Waals surface area contributed by atoms with Gasteiger partial charge in [0, 0.05) is 30.8 Å². The minimum Gasteiger partial charge on any atom is -0.354 e. The van der Waals surface area contributed by atoms with E-state index in [9.17, 15) is 4.79 Å². The van der Waals surface area contributed by atoms with E-state index in [-0.39, 0.29) is 35.2 Å². The average molecular weight is 405 g/mol. The lowest BCUT2D eigenvalue weighted by Crippen LogP contribution is -2.48. The van der Waals surface area contributed by atoms with E-state index in [1.54, 1.807) is 10.9 Å². The van der Waals surface area contributed by atoms with Crippen LogP contribution in [-0.2, 0) is 22.7 Å². The summed E-state index contributed by atoms with van der Waals surface area (Å²) >= 11 is 0. The Morgan fingerprint density at radius 1 is 1.25 bits per heavy atom. The molecule has 1 atom stereocenters. The molecular formula is C22H33ClN4O. The van der Waals surface area contributed by atoms with Gasteiger partial charge >= 0.3 is 0 Å². The molecule has 2 N–H and O–H groups in total. The summed E-state index contributed by atoms with van der Waals surface area (Å²) in [6.07, 6.45) is 7.09. The van der Waals surface area contributed by atoms with Gasteiger partial charge in [-0.1, -0.05) is 51.5 Å². The molecule has 1 heterocycles. The first kappa shape index (κ1) is 22.4. The second kappa shape index (κ2) is 8.66. The van der Waals surface area contributed by atoms with Gasteiger partial charge in [0.25, 0.3) is 0 Å². The van der Waals surface area contributed by atoms with Crippen LogP contribution < -0.4 is 10.6 Å². The lowest BCUT2D eigenvalue weighted by molar-refractivity contribution is -0.123. The zero-order chi connectivity index (χ0) is 19.7. The number of hydrogen-bond acceptors (Lipinski definition) is 3. The number of aryl methyl sites for hydroxylation is 1. The molecule has 1 aliphatic rings. The van der Waals surface area contributed by atoms with Gasteiger partial charge in [-0.15, -0.1) is 12.4 Å². The molecule has 0 bridgehead atoms. The Morgan fingerprint density at radius 2 is 1.89 bits per heavy atom. The van der Waals surface area contributed by atoms with Crippen LogP contribution in [0.3, 0.4) is 0 Å². The van der Waals surface area contributed by atoms with Gasteiger partial charge in [0.1, 0.15) is 6.04 Å². The van der Waals surface area contributed by atoms with Crippen molar-refractivity contribution in [2.45, 2.75) is 56.9 Å². The fourth-order valence-corrected chi connectivity index (χ4v) is 3.89. The van der Waals surface area contributed by atoms with Crippen molar-refractivity contribution < 1.29 is 4.79 Å². The predicted octanol–water partition coefficient (Wildman–Crippen LogP) is 3.64. The largest absolute Gasteiger partial charge is 0.354 e. The number of amides is 1. The number of hydrogen-bond donors (Lipinski definition) is 2. The molecule has 0 spiro atoms. The maximum Gasteiger partial charge on any atom is 0.241 e. The van der Waals surface area contributed by atoms with E-state index in [0.717, 1.165) is 18.4 Å². The monoisotopic (exact) mass is 404 g/mol. The maximum atomic E-state index is 12.8. The number of nitrogens with zero attached hydrogens (tertiary/aromatic N) is 2. The van der Waals surface area contributed by atoms with Crippen molar-refractivity contribution in [3.8, 4) is 0 Å². The molecule has 28 heavy (non-hydrogen) atoms. The summed E-state index contributed by atoms with van der Waals surface area (Å²) in [5.41, 5.74) is 3.79. The number of rotatable bonds is 6. The third kappa shape index (κ3) is 4.58. The van der Waals surface area contributed by atoms with E-state index in [1.807, 2.05) is 20.3 Å². The average Bonchev–Trinajstić information content (AvgIpc) is 3.00. The second-order valence-electron chi connectivity index (χ2n) is 8.85. The SMILES string of the molecule is CNC(C(=O)NCC1(c2ccc(C(C)(C)C)cc2)CCC1)c1cnn(C)c1.Cl. The molecule has 5 nitrogen and oxygen atoms in total. The quantitative estimate of drug-likeness (QED) is 0.772. The molecule has 154 valence electrons. The fourth-order valence-electron chi connectivity index (χ4n) is 3.89. The summed E-state index contributed by atoms with van der Waals surface area (Å²) in [6.45, 7) is 7.38. The van der Waals surface area contributed by atoms with Crippen molar-refractivity contribution in [1.29, 1.82) is 0 Å². The van der Waals surface area contributed by atoms with Crippen LogP contribution in [0.15, 0.2) is 36.7 Å². The highest BCUT2D eigenvalue weighted by molar-refractivity contribution is 5.85. The Balaban J connectivity index is 0.00000280. The molecule has 0 saturated heterocycles. The highest BCUT2D eigenvalue weighted by Gasteiger charge is 2.39. The number of aromatic nitrogens is 2. The van der Waals surface area contributed by atoms with Gasteiger partial charge in [-0.3, -0.25) is 9.48 Å². The zero-order valence-corrected chi connectivity index (χ0v) is 18.4. The van der Waals surface area contributed by atoms with Crippen LogP contribution in [-0.4, -0.2) is 29.3 Å². The molecule has 1 saturated carbocycles. The first-order valence-corrected chi connectivity index (χ1v) is 9.80. The summed E-state index contributed by atoms with van der Waals surface area (Å²) in [4.78, 5) is 12.8. The van der Waals surface area contributed by atoms with Crippen molar-refractivity contribution in [2.24, 2.45) is 7.05 Å². The molecule has 1 fully saturated rings. The molecule has 1 unspecified atom stereocenters. The summed E-state index contributed by atoms with van der Waals surface area (Å²) in [5, 5.41) is 10.5. The van der Waals surface area contributed by atoms with Crippen LogP contribution in [0.4, 0.5) is 0 Å². The van der Waals surface area contributed by atoms with Crippen LogP contribution in [0, 0.1) is 0 Å². The first-order chi connectivity index (χ1) is 12.7. The van der Waals surface area contributed by atoms with Crippen molar-refractivity contribution in [3.05, 3.63) is 53.3 Å². The number of nitrogens with one attached hydrogen (secondary N) is 2. The van der Waals surface area contributed by atoms with E-state index in [0.29, 0.717) is 6.54 Å². The Kier molecular flexibility index (Phi) is 6.94.